The molecule has 1 amide bonds. The number of hydrogen-bond acceptors (Lipinski definition) is 2. The van der Waals surface area contributed by atoms with Crippen LogP contribution < -0.4 is 5.32 Å². The third-order valence-electron chi connectivity index (χ3n) is 4.64. The second-order valence-corrected chi connectivity index (χ2v) is 6.61. The van der Waals surface area contributed by atoms with E-state index in [4.69, 9.17) is 5.26 Å². The molecule has 1 aliphatic rings. The summed E-state index contributed by atoms with van der Waals surface area (Å²) in [5, 5.41) is 11.8. The highest BCUT2D eigenvalue weighted by molar-refractivity contribution is 5.92. The number of rotatable bonds is 3. The van der Waals surface area contributed by atoms with Crippen LogP contribution in [0.25, 0.3) is 0 Å². The molecule has 0 spiro atoms. The first kappa shape index (κ1) is 15.6. The predicted molar refractivity (Wildman–Crippen MR) is 84.6 cm³/mol. The molecule has 1 aromatic carbocycles. The normalized spacial score (nSPS) is 25.4. The number of hydrogen-bond donors (Lipinski definition) is 1. The first-order valence-corrected chi connectivity index (χ1v) is 7.82. The van der Waals surface area contributed by atoms with Crippen molar-refractivity contribution in [2.45, 2.75) is 40.0 Å². The molecule has 0 saturated heterocycles. The van der Waals surface area contributed by atoms with Gasteiger partial charge >= 0.3 is 0 Å². The molecule has 0 unspecified atom stereocenters. The van der Waals surface area contributed by atoms with Crippen molar-refractivity contribution in [3.8, 4) is 6.07 Å². The fraction of sp³-hybridized carbons (Fsp3) is 0.556. The Labute approximate surface area is 127 Å². The second-order valence-electron chi connectivity index (χ2n) is 6.61. The molecule has 2 rings (SSSR count). The monoisotopic (exact) mass is 284 g/mol. The van der Waals surface area contributed by atoms with Gasteiger partial charge < -0.3 is 5.32 Å². The summed E-state index contributed by atoms with van der Waals surface area (Å²) in [4.78, 5) is 12.6. The standard InChI is InChI=1S/C18H24N2O/c1-12(2)16-9-4-13(3)10-17(16)18(21)20-15-7-5-14(11-19)6-8-15/h5-8,12-13,16-17H,4,9-10H2,1-3H3,(H,20,21)/t13-,16+,17-/m1/s1. The summed E-state index contributed by atoms with van der Waals surface area (Å²) in [7, 11) is 0. The van der Waals surface area contributed by atoms with Crippen molar-refractivity contribution < 1.29 is 4.79 Å². The van der Waals surface area contributed by atoms with Gasteiger partial charge in [-0.1, -0.05) is 27.2 Å². The number of nitrogens with zero attached hydrogens (tertiary/aromatic N) is 1. The Morgan fingerprint density at radius 2 is 1.95 bits per heavy atom. The molecule has 3 atom stereocenters. The quantitative estimate of drug-likeness (QED) is 0.904. The average Bonchev–Trinajstić information content (AvgIpc) is 2.47. The van der Waals surface area contributed by atoms with Crippen LogP contribution in [0.15, 0.2) is 24.3 Å². The lowest BCUT2D eigenvalue weighted by Gasteiger charge is -2.36. The van der Waals surface area contributed by atoms with Crippen molar-refractivity contribution in [3.05, 3.63) is 29.8 Å². The van der Waals surface area contributed by atoms with Crippen molar-refractivity contribution in [2.24, 2.45) is 23.7 Å². The topological polar surface area (TPSA) is 52.9 Å². The van der Waals surface area contributed by atoms with Crippen molar-refractivity contribution in [2.75, 3.05) is 5.32 Å². The molecule has 21 heavy (non-hydrogen) atoms. The van der Waals surface area contributed by atoms with Crippen LogP contribution >= 0.6 is 0 Å². The Bertz CT molecular complexity index is 527. The molecule has 112 valence electrons. The van der Waals surface area contributed by atoms with E-state index in [9.17, 15) is 4.79 Å². The first-order valence-electron chi connectivity index (χ1n) is 7.82. The van der Waals surface area contributed by atoms with E-state index in [2.05, 4.69) is 32.2 Å². The fourth-order valence-corrected chi connectivity index (χ4v) is 3.37. The molecule has 0 heterocycles. The minimum Gasteiger partial charge on any atom is -0.326 e. The maximum atomic E-state index is 12.6. The molecule has 0 radical (unpaired) electrons. The summed E-state index contributed by atoms with van der Waals surface area (Å²) in [5.41, 5.74) is 1.39. The van der Waals surface area contributed by atoms with Gasteiger partial charge in [0.2, 0.25) is 5.91 Å². The van der Waals surface area contributed by atoms with Gasteiger partial charge in [-0.15, -0.1) is 0 Å². The van der Waals surface area contributed by atoms with Crippen LogP contribution in [-0.4, -0.2) is 5.91 Å². The van der Waals surface area contributed by atoms with Crippen LogP contribution in [0.2, 0.25) is 0 Å². The van der Waals surface area contributed by atoms with E-state index in [1.807, 2.05) is 0 Å². The number of nitriles is 1. The van der Waals surface area contributed by atoms with E-state index in [1.165, 1.54) is 6.42 Å². The Balaban J connectivity index is 2.07. The van der Waals surface area contributed by atoms with Crippen LogP contribution in [0.3, 0.4) is 0 Å². The molecule has 1 aromatic rings. The third kappa shape index (κ3) is 3.85. The third-order valence-corrected chi connectivity index (χ3v) is 4.64. The van der Waals surface area contributed by atoms with E-state index >= 15 is 0 Å². The molecule has 1 aliphatic carbocycles. The van der Waals surface area contributed by atoms with Gasteiger partial charge in [0, 0.05) is 11.6 Å². The zero-order valence-corrected chi connectivity index (χ0v) is 13.1. The number of amides is 1. The molecule has 1 N–H and O–H groups in total. The van der Waals surface area contributed by atoms with Crippen LogP contribution in [0.1, 0.15) is 45.6 Å². The highest BCUT2D eigenvalue weighted by atomic mass is 16.1. The highest BCUT2D eigenvalue weighted by Crippen LogP contribution is 2.38. The van der Waals surface area contributed by atoms with E-state index in [1.54, 1.807) is 24.3 Å². The van der Waals surface area contributed by atoms with Gasteiger partial charge in [0.15, 0.2) is 0 Å². The second kappa shape index (κ2) is 6.76. The Morgan fingerprint density at radius 1 is 1.29 bits per heavy atom. The first-order chi connectivity index (χ1) is 10.0. The Hall–Kier alpha value is -1.82. The van der Waals surface area contributed by atoms with Gasteiger partial charge in [0.05, 0.1) is 11.6 Å². The predicted octanol–water partition coefficient (Wildman–Crippen LogP) is 4.21. The minimum absolute atomic E-state index is 0.101. The molecule has 0 aromatic heterocycles. The number of carbonyl (C=O) groups excluding carboxylic acids is 1. The van der Waals surface area contributed by atoms with Crippen LogP contribution in [-0.2, 0) is 4.79 Å². The van der Waals surface area contributed by atoms with Crippen molar-refractivity contribution in [3.63, 3.8) is 0 Å². The maximum Gasteiger partial charge on any atom is 0.227 e. The van der Waals surface area contributed by atoms with Crippen molar-refractivity contribution in [1.29, 1.82) is 5.26 Å². The molecular weight excluding hydrogens is 260 g/mol. The van der Waals surface area contributed by atoms with E-state index in [0.29, 0.717) is 23.3 Å². The SMILES string of the molecule is CC(C)[C@@H]1CC[C@@H](C)C[C@H]1C(=O)Nc1ccc(C#N)cc1. The van der Waals surface area contributed by atoms with Gasteiger partial charge in [-0.3, -0.25) is 4.79 Å². The van der Waals surface area contributed by atoms with E-state index in [0.717, 1.165) is 18.5 Å². The zero-order valence-electron chi connectivity index (χ0n) is 13.1. The molecule has 1 saturated carbocycles. The van der Waals surface area contributed by atoms with Crippen molar-refractivity contribution in [1.82, 2.24) is 0 Å². The maximum absolute atomic E-state index is 12.6. The highest BCUT2D eigenvalue weighted by Gasteiger charge is 2.35. The molecule has 3 heteroatoms. The molecule has 0 aliphatic heterocycles. The summed E-state index contributed by atoms with van der Waals surface area (Å²) in [5.74, 6) is 1.86. The van der Waals surface area contributed by atoms with Gasteiger partial charge in [-0.05, 0) is 54.9 Å². The summed E-state index contributed by atoms with van der Waals surface area (Å²) in [6, 6.07) is 9.15. The number of nitrogens with one attached hydrogen (secondary N) is 1. The van der Waals surface area contributed by atoms with Gasteiger partial charge in [0.1, 0.15) is 0 Å². The molecular formula is C18H24N2O. The molecule has 1 fully saturated rings. The summed E-state index contributed by atoms with van der Waals surface area (Å²) < 4.78 is 0. The summed E-state index contributed by atoms with van der Waals surface area (Å²) >= 11 is 0. The molecule has 3 nitrogen and oxygen atoms in total. The van der Waals surface area contributed by atoms with Crippen molar-refractivity contribution >= 4 is 11.6 Å². The van der Waals surface area contributed by atoms with Crippen LogP contribution in [0.4, 0.5) is 5.69 Å². The summed E-state index contributed by atoms with van der Waals surface area (Å²) in [6.45, 7) is 6.66. The lowest BCUT2D eigenvalue weighted by molar-refractivity contribution is -0.123. The zero-order chi connectivity index (χ0) is 15.4. The Morgan fingerprint density at radius 3 is 2.52 bits per heavy atom. The number of anilines is 1. The van der Waals surface area contributed by atoms with Gasteiger partial charge in [0.25, 0.3) is 0 Å². The van der Waals surface area contributed by atoms with Crippen LogP contribution in [0, 0.1) is 35.0 Å². The largest absolute Gasteiger partial charge is 0.326 e. The van der Waals surface area contributed by atoms with Gasteiger partial charge in [-0.2, -0.15) is 5.26 Å². The smallest absolute Gasteiger partial charge is 0.227 e. The lowest BCUT2D eigenvalue weighted by atomic mass is 9.70. The summed E-state index contributed by atoms with van der Waals surface area (Å²) in [6.07, 6.45) is 3.35. The lowest BCUT2D eigenvalue weighted by Crippen LogP contribution is -2.36. The van der Waals surface area contributed by atoms with E-state index in [-0.39, 0.29) is 11.8 Å². The van der Waals surface area contributed by atoms with E-state index < -0.39 is 0 Å². The number of carbonyl (C=O) groups is 1. The Kier molecular flexibility index (Phi) is 5.01. The van der Waals surface area contributed by atoms with Gasteiger partial charge in [-0.25, -0.2) is 0 Å². The average molecular weight is 284 g/mol. The molecule has 0 bridgehead atoms. The van der Waals surface area contributed by atoms with Crippen LogP contribution in [0.5, 0.6) is 0 Å². The number of benzene rings is 1. The fourth-order valence-electron chi connectivity index (χ4n) is 3.37. The minimum atomic E-state index is 0.101.